The van der Waals surface area contributed by atoms with Gasteiger partial charge in [-0.15, -0.1) is 0 Å². The number of hydrogen-bond donors (Lipinski definition) is 3. The first-order valence-corrected chi connectivity index (χ1v) is 8.85. The number of pyridine rings is 1. The summed E-state index contributed by atoms with van der Waals surface area (Å²) >= 11 is 0. The Hall–Kier alpha value is -3.03. The number of nitrogens with one attached hydrogen (secondary N) is 2. The van der Waals surface area contributed by atoms with E-state index in [1.54, 1.807) is 38.4 Å². The summed E-state index contributed by atoms with van der Waals surface area (Å²) in [7, 11) is 0. The topological polar surface area (TPSA) is 125 Å². The fraction of sp³-hybridized carbons (Fsp3) is 0.421. The molecule has 0 saturated carbocycles. The van der Waals surface area contributed by atoms with E-state index in [0.717, 1.165) is 0 Å². The Morgan fingerprint density at radius 1 is 1.37 bits per heavy atom. The molecule has 0 unspecified atom stereocenters. The number of carbonyl (C=O) groups is 2. The van der Waals surface area contributed by atoms with Crippen LogP contribution in [-0.4, -0.2) is 38.0 Å². The van der Waals surface area contributed by atoms with Crippen LogP contribution in [-0.2, 0) is 16.0 Å². The van der Waals surface area contributed by atoms with Crippen LogP contribution in [0.5, 0.6) is 0 Å². The van der Waals surface area contributed by atoms with Crippen LogP contribution in [0.4, 0.5) is 0 Å². The summed E-state index contributed by atoms with van der Waals surface area (Å²) in [6.07, 6.45) is 4.06. The lowest BCUT2D eigenvalue weighted by molar-refractivity contribution is -0.143. The Balaban J connectivity index is 2.08. The van der Waals surface area contributed by atoms with Crippen LogP contribution in [0.2, 0.25) is 0 Å². The van der Waals surface area contributed by atoms with E-state index in [1.807, 2.05) is 6.92 Å². The van der Waals surface area contributed by atoms with E-state index >= 15 is 0 Å². The van der Waals surface area contributed by atoms with Gasteiger partial charge in [-0.25, -0.2) is 9.78 Å². The average molecular weight is 372 g/mol. The highest BCUT2D eigenvalue weighted by Crippen LogP contribution is 2.13. The molecule has 1 amide bonds. The first kappa shape index (κ1) is 20.3. The molecule has 144 valence electrons. The number of hydrogen-bond acceptors (Lipinski definition) is 5. The van der Waals surface area contributed by atoms with Crippen molar-refractivity contribution >= 4 is 11.9 Å². The number of aromatic nitrogens is 3. The molecule has 2 heterocycles. The molecule has 0 spiro atoms. The summed E-state index contributed by atoms with van der Waals surface area (Å²) in [5.74, 6) is -1.23. The number of carboxylic acids is 1. The fourth-order valence-electron chi connectivity index (χ4n) is 2.71. The van der Waals surface area contributed by atoms with Crippen molar-refractivity contribution in [1.82, 2.24) is 20.3 Å². The second kappa shape index (κ2) is 9.07. The van der Waals surface area contributed by atoms with Gasteiger partial charge in [0.2, 0.25) is 5.91 Å². The van der Waals surface area contributed by atoms with Crippen molar-refractivity contribution in [2.75, 3.05) is 0 Å². The third-order valence-corrected chi connectivity index (χ3v) is 4.55. The van der Waals surface area contributed by atoms with E-state index in [0.29, 0.717) is 29.1 Å². The van der Waals surface area contributed by atoms with Crippen LogP contribution >= 0.6 is 0 Å². The zero-order valence-corrected chi connectivity index (χ0v) is 15.7. The van der Waals surface area contributed by atoms with Gasteiger partial charge in [0.15, 0.2) is 0 Å². The molecule has 0 radical (unpaired) electrons. The molecule has 2 atom stereocenters. The number of H-pyrrole nitrogens is 1. The monoisotopic (exact) mass is 372 g/mol. The van der Waals surface area contributed by atoms with E-state index < -0.39 is 17.9 Å². The number of amides is 1. The molecular formula is C19H24N4O4. The number of carbonyl (C=O) groups excluding carboxylic acids is 1. The quantitative estimate of drug-likeness (QED) is 0.647. The predicted molar refractivity (Wildman–Crippen MR) is 100 cm³/mol. The molecular weight excluding hydrogens is 348 g/mol. The van der Waals surface area contributed by atoms with Gasteiger partial charge in [-0.1, -0.05) is 20.3 Å². The Morgan fingerprint density at radius 2 is 2.11 bits per heavy atom. The molecule has 3 N–H and O–H groups in total. The molecule has 0 aliphatic heterocycles. The van der Waals surface area contributed by atoms with Crippen molar-refractivity contribution < 1.29 is 14.7 Å². The first-order valence-electron chi connectivity index (χ1n) is 8.85. The second-order valence-electron chi connectivity index (χ2n) is 6.49. The van der Waals surface area contributed by atoms with Gasteiger partial charge >= 0.3 is 5.97 Å². The molecule has 0 saturated heterocycles. The molecule has 2 aromatic heterocycles. The van der Waals surface area contributed by atoms with Crippen molar-refractivity contribution in [2.24, 2.45) is 5.92 Å². The molecule has 27 heavy (non-hydrogen) atoms. The first-order chi connectivity index (χ1) is 12.8. The Kier molecular flexibility index (Phi) is 6.81. The molecule has 8 nitrogen and oxygen atoms in total. The maximum Gasteiger partial charge on any atom is 0.326 e. The van der Waals surface area contributed by atoms with Crippen molar-refractivity contribution in [2.45, 2.75) is 46.1 Å². The molecule has 0 bridgehead atoms. The minimum Gasteiger partial charge on any atom is -0.480 e. The Morgan fingerprint density at radius 3 is 2.67 bits per heavy atom. The van der Waals surface area contributed by atoms with Gasteiger partial charge in [-0.2, -0.15) is 0 Å². The van der Waals surface area contributed by atoms with Gasteiger partial charge in [-0.05, 0) is 31.4 Å². The van der Waals surface area contributed by atoms with E-state index in [4.69, 9.17) is 0 Å². The number of aryl methyl sites for hydroxylation is 1. The normalized spacial score (nSPS) is 13.0. The van der Waals surface area contributed by atoms with Crippen molar-refractivity contribution in [3.63, 3.8) is 0 Å². The van der Waals surface area contributed by atoms with Crippen LogP contribution in [0.3, 0.4) is 0 Å². The van der Waals surface area contributed by atoms with Crippen molar-refractivity contribution in [1.29, 1.82) is 0 Å². The standard InChI is InChI=1S/C19H24N4O4/c1-4-11(2)16(19(26)27)22-15(24)8-7-14-12(3)21-17(23-18(14)25)13-6-5-9-20-10-13/h5-6,9-11,16H,4,7-8H2,1-3H3,(H,22,24)(H,26,27)(H,21,23,25)/t11-,16-/m0/s1. The van der Waals surface area contributed by atoms with E-state index in [2.05, 4.69) is 20.3 Å². The molecule has 0 aliphatic carbocycles. The van der Waals surface area contributed by atoms with Gasteiger partial charge in [0.05, 0.1) is 0 Å². The fourth-order valence-corrected chi connectivity index (χ4v) is 2.71. The Labute approximate surface area is 157 Å². The minimum atomic E-state index is -1.06. The minimum absolute atomic E-state index is 0.0120. The molecule has 2 aromatic rings. The summed E-state index contributed by atoms with van der Waals surface area (Å²) in [5.41, 5.74) is 1.32. The predicted octanol–water partition coefficient (Wildman–Crippen LogP) is 1.69. The van der Waals surface area contributed by atoms with Crippen LogP contribution in [0.15, 0.2) is 29.3 Å². The maximum atomic E-state index is 12.4. The van der Waals surface area contributed by atoms with Gasteiger partial charge in [0, 0.05) is 35.6 Å². The SMILES string of the molecule is CC[C@H](C)[C@H](NC(=O)CCc1c(C)nc(-c2cccnc2)[nH]c1=O)C(=O)O. The molecule has 0 aliphatic rings. The highest BCUT2D eigenvalue weighted by atomic mass is 16.4. The smallest absolute Gasteiger partial charge is 0.326 e. The van der Waals surface area contributed by atoms with E-state index in [1.165, 1.54) is 0 Å². The van der Waals surface area contributed by atoms with Crippen molar-refractivity contribution in [3.05, 3.63) is 46.1 Å². The lowest BCUT2D eigenvalue weighted by Gasteiger charge is -2.20. The number of rotatable bonds is 8. The number of aliphatic carboxylic acids is 1. The zero-order valence-electron chi connectivity index (χ0n) is 15.7. The molecule has 0 aromatic carbocycles. The largest absolute Gasteiger partial charge is 0.480 e. The number of nitrogens with zero attached hydrogens (tertiary/aromatic N) is 2. The second-order valence-corrected chi connectivity index (χ2v) is 6.49. The number of aromatic amines is 1. The number of carboxylic acid groups (broad SMARTS) is 1. The van der Waals surface area contributed by atoms with Crippen LogP contribution in [0, 0.1) is 12.8 Å². The highest BCUT2D eigenvalue weighted by molar-refractivity contribution is 5.83. The molecule has 8 heteroatoms. The molecule has 0 fully saturated rings. The van der Waals surface area contributed by atoms with Gasteiger partial charge in [0.1, 0.15) is 11.9 Å². The zero-order chi connectivity index (χ0) is 20.0. The van der Waals surface area contributed by atoms with Crippen LogP contribution < -0.4 is 10.9 Å². The summed E-state index contributed by atoms with van der Waals surface area (Å²) in [6, 6.07) is 2.60. The van der Waals surface area contributed by atoms with Gasteiger partial charge < -0.3 is 15.4 Å². The lowest BCUT2D eigenvalue weighted by atomic mass is 9.99. The summed E-state index contributed by atoms with van der Waals surface area (Å²) in [6.45, 7) is 5.35. The van der Waals surface area contributed by atoms with Gasteiger partial charge in [0.25, 0.3) is 5.56 Å². The summed E-state index contributed by atoms with van der Waals surface area (Å²) in [4.78, 5) is 46.9. The third kappa shape index (κ3) is 5.22. The molecule has 2 rings (SSSR count). The summed E-state index contributed by atoms with van der Waals surface area (Å²) in [5, 5.41) is 11.8. The van der Waals surface area contributed by atoms with Gasteiger partial charge in [-0.3, -0.25) is 14.6 Å². The van der Waals surface area contributed by atoms with Crippen LogP contribution in [0.25, 0.3) is 11.4 Å². The lowest BCUT2D eigenvalue weighted by Crippen LogP contribution is -2.45. The van der Waals surface area contributed by atoms with E-state index in [9.17, 15) is 19.5 Å². The van der Waals surface area contributed by atoms with Crippen molar-refractivity contribution in [3.8, 4) is 11.4 Å². The maximum absolute atomic E-state index is 12.4. The summed E-state index contributed by atoms with van der Waals surface area (Å²) < 4.78 is 0. The average Bonchev–Trinajstić information content (AvgIpc) is 2.65. The third-order valence-electron chi connectivity index (χ3n) is 4.55. The van der Waals surface area contributed by atoms with Crippen LogP contribution in [0.1, 0.15) is 37.9 Å². The highest BCUT2D eigenvalue weighted by Gasteiger charge is 2.25. The Bertz CT molecular complexity index is 864. The van der Waals surface area contributed by atoms with E-state index in [-0.39, 0.29) is 24.3 Å².